The van der Waals surface area contributed by atoms with Gasteiger partial charge in [-0.25, -0.2) is 4.98 Å². The smallest absolute Gasteiger partial charge is 0.0925 e. The molecule has 2 aromatic rings. The highest BCUT2D eigenvalue weighted by Gasteiger charge is 2.04. The van der Waals surface area contributed by atoms with E-state index < -0.39 is 0 Å². The molecule has 1 N–H and O–H groups in total. The number of benzene rings is 1. The highest BCUT2D eigenvalue weighted by molar-refractivity contribution is 7.11. The van der Waals surface area contributed by atoms with Crippen LogP contribution in [0, 0.1) is 6.92 Å². The molecule has 1 aromatic heterocycles. The largest absolute Gasteiger partial charge is 0.380 e. The lowest BCUT2D eigenvalue weighted by molar-refractivity contribution is 1.08. The number of rotatable bonds is 5. The molecule has 102 valence electrons. The van der Waals surface area contributed by atoms with Crippen molar-refractivity contribution in [3.63, 3.8) is 0 Å². The minimum absolute atomic E-state index is 0.841. The van der Waals surface area contributed by atoms with Crippen molar-refractivity contribution in [3.8, 4) is 0 Å². The van der Waals surface area contributed by atoms with Crippen molar-refractivity contribution >= 4 is 22.7 Å². The summed E-state index contributed by atoms with van der Waals surface area (Å²) in [6.07, 6.45) is 2.98. The maximum absolute atomic E-state index is 4.38. The fourth-order valence-electron chi connectivity index (χ4n) is 1.98. The van der Waals surface area contributed by atoms with Crippen LogP contribution in [-0.4, -0.2) is 19.1 Å². The molecule has 0 saturated heterocycles. The molecule has 0 radical (unpaired) electrons. The molecule has 19 heavy (non-hydrogen) atoms. The van der Waals surface area contributed by atoms with Crippen LogP contribution in [0.4, 0.5) is 11.4 Å². The van der Waals surface area contributed by atoms with E-state index in [0.717, 1.165) is 18.7 Å². The van der Waals surface area contributed by atoms with E-state index in [1.807, 2.05) is 6.20 Å². The van der Waals surface area contributed by atoms with Gasteiger partial charge in [0.25, 0.3) is 0 Å². The predicted octanol–water partition coefficient (Wildman–Crippen LogP) is 3.69. The highest BCUT2D eigenvalue weighted by atomic mass is 32.1. The third-order valence-electron chi connectivity index (χ3n) is 3.06. The summed E-state index contributed by atoms with van der Waals surface area (Å²) in [5, 5.41) is 4.67. The van der Waals surface area contributed by atoms with E-state index in [2.05, 4.69) is 61.3 Å². The number of hydrogen-bond acceptors (Lipinski definition) is 4. The van der Waals surface area contributed by atoms with Gasteiger partial charge in [-0.1, -0.05) is 13.0 Å². The summed E-state index contributed by atoms with van der Waals surface area (Å²) in [4.78, 5) is 7.80. The van der Waals surface area contributed by atoms with Crippen molar-refractivity contribution < 1.29 is 0 Å². The first-order valence-corrected chi connectivity index (χ1v) is 7.37. The Morgan fingerprint density at radius 1 is 1.32 bits per heavy atom. The summed E-state index contributed by atoms with van der Waals surface area (Å²) in [6.45, 7) is 5.11. The van der Waals surface area contributed by atoms with Gasteiger partial charge in [0.05, 0.1) is 11.6 Å². The number of thiazole rings is 1. The van der Waals surface area contributed by atoms with Crippen molar-refractivity contribution in [3.05, 3.63) is 39.8 Å². The zero-order valence-corrected chi connectivity index (χ0v) is 12.8. The summed E-state index contributed by atoms with van der Waals surface area (Å²) >= 11 is 1.78. The van der Waals surface area contributed by atoms with Crippen molar-refractivity contribution in [1.29, 1.82) is 0 Å². The van der Waals surface area contributed by atoms with Gasteiger partial charge in [-0.05, 0) is 31.0 Å². The van der Waals surface area contributed by atoms with Crippen LogP contribution in [0.3, 0.4) is 0 Å². The highest BCUT2D eigenvalue weighted by Crippen LogP contribution is 2.23. The zero-order valence-electron chi connectivity index (χ0n) is 12.0. The number of aryl methyl sites for hydroxylation is 2. The van der Waals surface area contributed by atoms with E-state index in [4.69, 9.17) is 0 Å². The Hall–Kier alpha value is -1.55. The fraction of sp³-hybridized carbons (Fsp3) is 0.400. The number of aromatic nitrogens is 1. The molecule has 3 nitrogen and oxygen atoms in total. The zero-order chi connectivity index (χ0) is 13.8. The van der Waals surface area contributed by atoms with Gasteiger partial charge in [-0.2, -0.15) is 0 Å². The summed E-state index contributed by atoms with van der Waals surface area (Å²) in [5.74, 6) is 0. The summed E-state index contributed by atoms with van der Waals surface area (Å²) in [6, 6.07) is 6.48. The van der Waals surface area contributed by atoms with Gasteiger partial charge in [0.15, 0.2) is 0 Å². The van der Waals surface area contributed by atoms with Gasteiger partial charge in [0.1, 0.15) is 0 Å². The Labute approximate surface area is 119 Å². The predicted molar refractivity (Wildman–Crippen MR) is 84.3 cm³/mol. The van der Waals surface area contributed by atoms with Gasteiger partial charge < -0.3 is 10.2 Å². The lowest BCUT2D eigenvalue weighted by Gasteiger charge is -2.17. The summed E-state index contributed by atoms with van der Waals surface area (Å²) < 4.78 is 0. The molecule has 0 saturated carbocycles. The normalized spacial score (nSPS) is 10.5. The van der Waals surface area contributed by atoms with Gasteiger partial charge in [-0.3, -0.25) is 0 Å². The Balaban J connectivity index is 2.05. The molecule has 0 spiro atoms. The second-order valence-corrected chi connectivity index (χ2v) is 6.02. The molecule has 1 aromatic carbocycles. The van der Waals surface area contributed by atoms with Gasteiger partial charge in [-0.15, -0.1) is 11.3 Å². The minimum atomic E-state index is 0.841. The topological polar surface area (TPSA) is 28.2 Å². The average molecular weight is 275 g/mol. The molecule has 0 aliphatic rings. The summed E-state index contributed by atoms with van der Waals surface area (Å²) in [5.41, 5.74) is 3.70. The van der Waals surface area contributed by atoms with E-state index in [0.29, 0.717) is 0 Å². The third kappa shape index (κ3) is 3.47. The molecular formula is C15H21N3S. The molecule has 0 unspecified atom stereocenters. The van der Waals surface area contributed by atoms with Crippen LogP contribution < -0.4 is 10.2 Å². The molecule has 0 bridgehead atoms. The van der Waals surface area contributed by atoms with E-state index in [9.17, 15) is 0 Å². The lowest BCUT2D eigenvalue weighted by atomic mass is 10.1. The number of nitrogens with one attached hydrogen (secondary N) is 1. The van der Waals surface area contributed by atoms with Crippen LogP contribution in [0.5, 0.6) is 0 Å². The first-order valence-electron chi connectivity index (χ1n) is 6.55. The van der Waals surface area contributed by atoms with Gasteiger partial charge >= 0.3 is 0 Å². The van der Waals surface area contributed by atoms with Crippen molar-refractivity contribution in [2.24, 2.45) is 0 Å². The van der Waals surface area contributed by atoms with Crippen LogP contribution in [0.1, 0.15) is 22.4 Å². The van der Waals surface area contributed by atoms with E-state index in [1.54, 1.807) is 11.3 Å². The average Bonchev–Trinajstić information content (AvgIpc) is 2.85. The molecular weight excluding hydrogens is 254 g/mol. The van der Waals surface area contributed by atoms with Gasteiger partial charge in [0.2, 0.25) is 0 Å². The second kappa shape index (κ2) is 6.06. The molecule has 0 aliphatic carbocycles. The van der Waals surface area contributed by atoms with Crippen molar-refractivity contribution in [1.82, 2.24) is 4.98 Å². The molecule has 0 fully saturated rings. The Bertz CT molecular complexity index is 546. The van der Waals surface area contributed by atoms with Crippen LogP contribution in [0.2, 0.25) is 0 Å². The third-order valence-corrected chi connectivity index (χ3v) is 4.20. The quantitative estimate of drug-likeness (QED) is 0.902. The molecule has 1 heterocycles. The van der Waals surface area contributed by atoms with Crippen LogP contribution in [-0.2, 0) is 13.0 Å². The SMILES string of the molecule is CCc1ncc(CNc2ccc(C)c(N(C)C)c2)s1. The maximum atomic E-state index is 4.38. The van der Waals surface area contributed by atoms with Crippen molar-refractivity contribution in [2.75, 3.05) is 24.3 Å². The van der Waals surface area contributed by atoms with Crippen LogP contribution >= 0.6 is 11.3 Å². The Kier molecular flexibility index (Phi) is 4.43. The number of hydrogen-bond donors (Lipinski definition) is 1. The first-order chi connectivity index (χ1) is 9.10. The van der Waals surface area contributed by atoms with E-state index >= 15 is 0 Å². The van der Waals surface area contributed by atoms with Crippen LogP contribution in [0.25, 0.3) is 0 Å². The number of nitrogens with zero attached hydrogens (tertiary/aromatic N) is 2. The minimum Gasteiger partial charge on any atom is -0.380 e. The van der Waals surface area contributed by atoms with E-state index in [-0.39, 0.29) is 0 Å². The molecule has 0 atom stereocenters. The standard InChI is InChI=1S/C15H21N3S/c1-5-15-17-10-13(19-15)9-16-12-7-6-11(2)14(8-12)18(3)4/h6-8,10,16H,5,9H2,1-4H3. The second-order valence-electron chi connectivity index (χ2n) is 4.82. The lowest BCUT2D eigenvalue weighted by Crippen LogP contribution is -2.10. The first kappa shape index (κ1) is 13.9. The van der Waals surface area contributed by atoms with Crippen LogP contribution in [0.15, 0.2) is 24.4 Å². The van der Waals surface area contributed by atoms with Crippen molar-refractivity contribution in [2.45, 2.75) is 26.8 Å². The fourth-order valence-corrected chi connectivity index (χ4v) is 2.79. The Morgan fingerprint density at radius 2 is 2.11 bits per heavy atom. The van der Waals surface area contributed by atoms with E-state index in [1.165, 1.54) is 21.1 Å². The summed E-state index contributed by atoms with van der Waals surface area (Å²) in [7, 11) is 4.14. The Morgan fingerprint density at radius 3 is 2.74 bits per heavy atom. The monoisotopic (exact) mass is 275 g/mol. The molecule has 4 heteroatoms. The number of anilines is 2. The molecule has 0 amide bonds. The maximum Gasteiger partial charge on any atom is 0.0925 e. The van der Waals surface area contributed by atoms with Gasteiger partial charge in [0, 0.05) is 36.5 Å². The molecule has 0 aliphatic heterocycles. The molecule has 2 rings (SSSR count).